The van der Waals surface area contributed by atoms with Crippen molar-refractivity contribution in [3.8, 4) is 11.9 Å². The van der Waals surface area contributed by atoms with E-state index in [2.05, 4.69) is 9.98 Å². The Hall–Kier alpha value is -3.53. The van der Waals surface area contributed by atoms with Crippen LogP contribution in [-0.4, -0.2) is 23.7 Å². The second-order valence-corrected chi connectivity index (χ2v) is 6.16. The molecule has 0 saturated carbocycles. The number of pyridine rings is 1. The van der Waals surface area contributed by atoms with Crippen molar-refractivity contribution in [3.63, 3.8) is 0 Å². The van der Waals surface area contributed by atoms with Crippen LogP contribution in [0.25, 0.3) is 0 Å². The topological polar surface area (TPSA) is 101 Å². The van der Waals surface area contributed by atoms with Gasteiger partial charge in [-0.05, 0) is 42.2 Å². The van der Waals surface area contributed by atoms with Gasteiger partial charge in [0.1, 0.15) is 17.6 Å². The second kappa shape index (κ2) is 7.38. The van der Waals surface area contributed by atoms with Crippen LogP contribution in [0.2, 0.25) is 0 Å². The van der Waals surface area contributed by atoms with Crippen LogP contribution in [0.1, 0.15) is 23.6 Å². The number of methoxy groups -OCH3 is 1. The maximum absolute atomic E-state index is 14.1. The summed E-state index contributed by atoms with van der Waals surface area (Å²) in [7, 11) is 1.54. The largest absolute Gasteiger partial charge is 0.481 e. The van der Waals surface area contributed by atoms with Gasteiger partial charge in [-0.1, -0.05) is 12.1 Å². The first kappa shape index (κ1) is 18.3. The number of nitriles is 1. The zero-order valence-corrected chi connectivity index (χ0v) is 14.9. The number of amides is 1. The average Bonchev–Trinajstić information content (AvgIpc) is 2.99. The molecule has 0 spiro atoms. The SMILES string of the molecule is COc1ccc(CC2C(c3ccc(C#N)c(F)c3)=NC(C(N)=O)=C2C)cn1. The number of carbonyl (C=O) groups is 1. The lowest BCUT2D eigenvalue weighted by molar-refractivity contribution is -0.114. The Morgan fingerprint density at radius 2 is 2.15 bits per heavy atom. The molecular formula is C20H17FN4O2. The number of halogens is 1. The summed E-state index contributed by atoms with van der Waals surface area (Å²) in [6.45, 7) is 1.79. The van der Waals surface area contributed by atoms with Gasteiger partial charge in [0.25, 0.3) is 5.91 Å². The number of benzene rings is 1. The van der Waals surface area contributed by atoms with Crippen LogP contribution in [0.5, 0.6) is 5.88 Å². The molecule has 1 amide bonds. The molecule has 0 fully saturated rings. The van der Waals surface area contributed by atoms with Gasteiger partial charge in [0.15, 0.2) is 0 Å². The van der Waals surface area contributed by atoms with Gasteiger partial charge in [0.2, 0.25) is 5.88 Å². The summed E-state index contributed by atoms with van der Waals surface area (Å²) in [5.74, 6) is -1.02. The zero-order valence-electron chi connectivity index (χ0n) is 14.9. The number of nitrogens with zero attached hydrogens (tertiary/aromatic N) is 3. The summed E-state index contributed by atoms with van der Waals surface area (Å²) >= 11 is 0. The van der Waals surface area contributed by atoms with E-state index in [-0.39, 0.29) is 17.2 Å². The number of carbonyl (C=O) groups excluding carboxylic acids is 1. The Morgan fingerprint density at radius 1 is 1.37 bits per heavy atom. The predicted octanol–water partition coefficient (Wildman–Crippen LogP) is 2.52. The fourth-order valence-electron chi connectivity index (χ4n) is 3.07. The molecule has 6 nitrogen and oxygen atoms in total. The minimum absolute atomic E-state index is 0.0481. The highest BCUT2D eigenvalue weighted by atomic mass is 19.1. The van der Waals surface area contributed by atoms with Gasteiger partial charge in [-0.2, -0.15) is 5.26 Å². The molecule has 3 rings (SSSR count). The molecule has 1 atom stereocenters. The molecule has 1 aliphatic rings. The monoisotopic (exact) mass is 364 g/mol. The van der Waals surface area contributed by atoms with E-state index in [1.54, 1.807) is 31.3 Å². The number of ether oxygens (including phenoxy) is 1. The third-order valence-corrected chi connectivity index (χ3v) is 4.52. The molecule has 1 aliphatic heterocycles. The number of allylic oxidation sites excluding steroid dienone is 1. The van der Waals surface area contributed by atoms with E-state index < -0.39 is 11.7 Å². The molecule has 2 aromatic rings. The highest BCUT2D eigenvalue weighted by Crippen LogP contribution is 2.32. The van der Waals surface area contributed by atoms with Gasteiger partial charge in [0.05, 0.1) is 18.4 Å². The van der Waals surface area contributed by atoms with Crippen LogP contribution in [0.3, 0.4) is 0 Å². The number of primary amides is 1. The molecular weight excluding hydrogens is 347 g/mol. The molecule has 2 N–H and O–H groups in total. The summed E-state index contributed by atoms with van der Waals surface area (Å²) < 4.78 is 19.1. The summed E-state index contributed by atoms with van der Waals surface area (Å²) in [6.07, 6.45) is 2.20. The Kier molecular flexibility index (Phi) is 4.99. The van der Waals surface area contributed by atoms with Gasteiger partial charge >= 0.3 is 0 Å². The molecule has 7 heteroatoms. The Balaban J connectivity index is 1.99. The van der Waals surface area contributed by atoms with Crippen LogP contribution < -0.4 is 10.5 Å². The zero-order chi connectivity index (χ0) is 19.6. The van der Waals surface area contributed by atoms with Gasteiger partial charge in [-0.25, -0.2) is 14.4 Å². The van der Waals surface area contributed by atoms with Crippen molar-refractivity contribution in [2.24, 2.45) is 16.6 Å². The van der Waals surface area contributed by atoms with E-state index in [4.69, 9.17) is 15.7 Å². The fourth-order valence-corrected chi connectivity index (χ4v) is 3.07. The molecule has 2 heterocycles. The Bertz CT molecular complexity index is 1000. The van der Waals surface area contributed by atoms with Gasteiger partial charge in [-0.3, -0.25) is 4.79 Å². The first-order valence-electron chi connectivity index (χ1n) is 8.22. The maximum atomic E-state index is 14.1. The molecule has 1 unspecified atom stereocenters. The lowest BCUT2D eigenvalue weighted by Crippen LogP contribution is -2.17. The van der Waals surface area contributed by atoms with Crippen molar-refractivity contribution in [1.82, 2.24) is 4.98 Å². The number of rotatable bonds is 5. The first-order chi connectivity index (χ1) is 12.9. The number of hydrogen-bond acceptors (Lipinski definition) is 5. The summed E-state index contributed by atoms with van der Waals surface area (Å²) in [5, 5.41) is 8.91. The highest BCUT2D eigenvalue weighted by Gasteiger charge is 2.31. The van der Waals surface area contributed by atoms with E-state index in [9.17, 15) is 9.18 Å². The summed E-state index contributed by atoms with van der Waals surface area (Å²) in [6, 6.07) is 9.69. The Morgan fingerprint density at radius 3 is 2.70 bits per heavy atom. The maximum Gasteiger partial charge on any atom is 0.267 e. The number of aromatic nitrogens is 1. The van der Waals surface area contributed by atoms with Gasteiger partial charge < -0.3 is 10.5 Å². The third kappa shape index (κ3) is 3.55. The van der Waals surface area contributed by atoms with E-state index >= 15 is 0 Å². The lowest BCUT2D eigenvalue weighted by Gasteiger charge is -2.16. The smallest absolute Gasteiger partial charge is 0.267 e. The van der Waals surface area contributed by atoms with Crippen molar-refractivity contribution < 1.29 is 13.9 Å². The average molecular weight is 364 g/mol. The second-order valence-electron chi connectivity index (χ2n) is 6.16. The summed E-state index contributed by atoms with van der Waals surface area (Å²) in [4.78, 5) is 20.3. The molecule has 1 aromatic heterocycles. The molecule has 1 aromatic carbocycles. The van der Waals surface area contributed by atoms with E-state index in [0.717, 1.165) is 11.1 Å². The van der Waals surface area contributed by atoms with Crippen LogP contribution in [0.15, 0.2) is 52.8 Å². The van der Waals surface area contributed by atoms with Crippen molar-refractivity contribution in [2.45, 2.75) is 13.3 Å². The fraction of sp³-hybridized carbons (Fsp3) is 0.200. The van der Waals surface area contributed by atoms with Crippen molar-refractivity contribution >= 4 is 11.6 Å². The lowest BCUT2D eigenvalue weighted by atomic mass is 9.86. The van der Waals surface area contributed by atoms with Crippen LogP contribution >= 0.6 is 0 Å². The predicted molar refractivity (Wildman–Crippen MR) is 97.5 cm³/mol. The standard InChI is InChI=1S/C20H17FN4O2/c1-11-15(7-12-3-6-17(27-2)24-10-12)19(25-18(11)20(23)26)13-4-5-14(9-22)16(21)8-13/h3-6,8,10,15H,7H2,1-2H3,(H2,23,26). The Labute approximate surface area is 155 Å². The normalized spacial score (nSPS) is 16.1. The molecule has 0 saturated heterocycles. The van der Waals surface area contributed by atoms with Crippen LogP contribution in [0.4, 0.5) is 4.39 Å². The molecule has 0 bridgehead atoms. The van der Waals surface area contributed by atoms with Gasteiger partial charge in [-0.15, -0.1) is 0 Å². The molecule has 27 heavy (non-hydrogen) atoms. The van der Waals surface area contributed by atoms with Crippen LogP contribution in [0, 0.1) is 23.1 Å². The molecule has 0 radical (unpaired) electrons. The quantitative estimate of drug-likeness (QED) is 0.881. The number of nitrogens with two attached hydrogens (primary N) is 1. The minimum atomic E-state index is -0.632. The minimum Gasteiger partial charge on any atom is -0.481 e. The van der Waals surface area contributed by atoms with Crippen molar-refractivity contribution in [2.75, 3.05) is 7.11 Å². The molecule has 0 aliphatic carbocycles. The number of hydrogen-bond donors (Lipinski definition) is 1. The van der Waals surface area contributed by atoms with Crippen molar-refractivity contribution in [1.29, 1.82) is 5.26 Å². The molecule has 136 valence electrons. The van der Waals surface area contributed by atoms with Crippen molar-refractivity contribution in [3.05, 3.63) is 70.3 Å². The third-order valence-electron chi connectivity index (χ3n) is 4.52. The van der Waals surface area contributed by atoms with Gasteiger partial charge in [0, 0.05) is 18.2 Å². The van der Waals surface area contributed by atoms with Crippen LogP contribution in [-0.2, 0) is 11.2 Å². The van der Waals surface area contributed by atoms with E-state index in [1.165, 1.54) is 19.2 Å². The highest BCUT2D eigenvalue weighted by molar-refractivity contribution is 6.11. The number of aliphatic imine (C=N–C) groups is 1. The van der Waals surface area contributed by atoms with E-state index in [0.29, 0.717) is 23.6 Å². The summed E-state index contributed by atoms with van der Waals surface area (Å²) in [5.41, 5.74) is 8.26. The first-order valence-corrected chi connectivity index (χ1v) is 8.22. The van der Waals surface area contributed by atoms with E-state index in [1.807, 2.05) is 6.07 Å².